The van der Waals surface area contributed by atoms with Crippen molar-refractivity contribution in [2.24, 2.45) is 5.16 Å². The van der Waals surface area contributed by atoms with Gasteiger partial charge in [-0.15, -0.1) is 12.4 Å². The van der Waals surface area contributed by atoms with Crippen molar-refractivity contribution in [3.8, 4) is 11.5 Å². The van der Waals surface area contributed by atoms with Gasteiger partial charge >= 0.3 is 0 Å². The average molecular weight is 361 g/mol. The van der Waals surface area contributed by atoms with Gasteiger partial charge in [-0.1, -0.05) is 5.16 Å². The highest BCUT2D eigenvalue weighted by Crippen LogP contribution is 2.25. The molecule has 24 heavy (non-hydrogen) atoms. The number of nitrogens with one attached hydrogen (secondary N) is 1. The number of aliphatic hydroxyl groups is 1. The summed E-state index contributed by atoms with van der Waals surface area (Å²) in [5, 5.41) is 17.1. The first-order valence-corrected chi connectivity index (χ1v) is 7.59. The fourth-order valence-corrected chi connectivity index (χ4v) is 1.85. The Morgan fingerprint density at radius 2 is 1.92 bits per heavy atom. The molecule has 2 N–H and O–H groups in total. The molecule has 1 aromatic carbocycles. The molecule has 0 aliphatic heterocycles. The fourth-order valence-electron chi connectivity index (χ4n) is 1.85. The van der Waals surface area contributed by atoms with Gasteiger partial charge in [0.25, 0.3) is 0 Å². The molecule has 0 saturated carbocycles. The minimum absolute atomic E-state index is 0. The molecule has 7 heteroatoms. The molecule has 0 radical (unpaired) electrons. The van der Waals surface area contributed by atoms with Crippen LogP contribution in [0, 0.1) is 0 Å². The number of benzene rings is 1. The van der Waals surface area contributed by atoms with Crippen molar-refractivity contribution in [1.82, 2.24) is 5.32 Å². The number of nitrogens with zero attached hydrogens (tertiary/aromatic N) is 1. The Balaban J connectivity index is 0.00000529. The van der Waals surface area contributed by atoms with Crippen LogP contribution in [0.4, 0.5) is 0 Å². The molecule has 0 spiro atoms. The second-order valence-corrected chi connectivity index (χ2v) is 6.32. The molecule has 0 amide bonds. The lowest BCUT2D eigenvalue weighted by Crippen LogP contribution is -2.42. The Hall–Kier alpha value is -1.50. The van der Waals surface area contributed by atoms with Crippen molar-refractivity contribution in [3.05, 3.63) is 23.8 Å². The van der Waals surface area contributed by atoms with E-state index < -0.39 is 6.10 Å². The molecular weight excluding hydrogens is 332 g/mol. The zero-order valence-corrected chi connectivity index (χ0v) is 16.1. The number of methoxy groups -OCH3 is 2. The van der Waals surface area contributed by atoms with Gasteiger partial charge in [-0.2, -0.15) is 0 Å². The van der Waals surface area contributed by atoms with Crippen LogP contribution in [0.2, 0.25) is 0 Å². The van der Waals surface area contributed by atoms with E-state index in [-0.39, 0.29) is 24.6 Å². The molecule has 1 aromatic rings. The van der Waals surface area contributed by atoms with Crippen molar-refractivity contribution in [2.45, 2.75) is 39.3 Å². The number of halogens is 1. The number of hydrogen-bond acceptors (Lipinski definition) is 6. The van der Waals surface area contributed by atoms with Crippen molar-refractivity contribution in [2.75, 3.05) is 27.4 Å². The van der Waals surface area contributed by atoms with E-state index in [1.54, 1.807) is 20.3 Å². The Labute approximate surface area is 150 Å². The minimum atomic E-state index is -0.622. The summed E-state index contributed by atoms with van der Waals surface area (Å²) in [7, 11) is 3.19. The Kier molecular flexibility index (Phi) is 9.73. The molecule has 0 aliphatic rings. The molecule has 0 saturated heterocycles. The summed E-state index contributed by atoms with van der Waals surface area (Å²) in [6.07, 6.45) is -0.622. The zero-order chi connectivity index (χ0) is 17.5. The highest BCUT2D eigenvalue weighted by atomic mass is 35.5. The van der Waals surface area contributed by atoms with Gasteiger partial charge in [-0.3, -0.25) is 0 Å². The Bertz CT molecular complexity index is 530. The fraction of sp³-hybridized carbons (Fsp3) is 0.588. The molecule has 1 rings (SSSR count). The molecule has 1 atom stereocenters. The molecule has 0 aliphatic carbocycles. The number of hydrogen-bond donors (Lipinski definition) is 2. The maximum atomic E-state index is 9.87. The van der Waals surface area contributed by atoms with E-state index in [2.05, 4.69) is 10.5 Å². The van der Waals surface area contributed by atoms with Crippen LogP contribution < -0.4 is 14.8 Å². The molecule has 0 heterocycles. The quantitative estimate of drug-likeness (QED) is 0.550. The van der Waals surface area contributed by atoms with Crippen molar-refractivity contribution in [1.29, 1.82) is 0 Å². The Morgan fingerprint density at radius 1 is 1.25 bits per heavy atom. The third-order valence-corrected chi connectivity index (χ3v) is 3.13. The standard InChI is InChI=1S/C17H28N2O4.ClH/c1-12(15-8-7-14(21-5)9-16(15)22-6)19-23-11-13(20)10-18-17(2,3)4;/h7-9,13,18,20H,10-11H2,1-6H3;1H/b19-12+;. The van der Waals surface area contributed by atoms with E-state index in [0.29, 0.717) is 23.8 Å². The molecule has 0 bridgehead atoms. The summed E-state index contributed by atoms with van der Waals surface area (Å²) >= 11 is 0. The molecular formula is C17H29ClN2O4. The highest BCUT2D eigenvalue weighted by Gasteiger charge is 2.13. The largest absolute Gasteiger partial charge is 0.497 e. The van der Waals surface area contributed by atoms with Crippen LogP contribution in [0.3, 0.4) is 0 Å². The van der Waals surface area contributed by atoms with E-state index in [0.717, 1.165) is 5.56 Å². The predicted molar refractivity (Wildman–Crippen MR) is 98.7 cm³/mol. The van der Waals surface area contributed by atoms with Crippen molar-refractivity contribution < 1.29 is 19.4 Å². The van der Waals surface area contributed by atoms with E-state index in [4.69, 9.17) is 14.3 Å². The molecule has 0 aromatic heterocycles. The first-order chi connectivity index (χ1) is 10.8. The number of ether oxygens (including phenoxy) is 2. The summed E-state index contributed by atoms with van der Waals surface area (Å²) in [4.78, 5) is 5.24. The van der Waals surface area contributed by atoms with Crippen LogP contribution in [0.1, 0.15) is 33.3 Å². The van der Waals surface area contributed by atoms with Gasteiger partial charge in [0.05, 0.1) is 19.9 Å². The first-order valence-electron chi connectivity index (χ1n) is 7.59. The summed E-state index contributed by atoms with van der Waals surface area (Å²) in [5.74, 6) is 1.37. The van der Waals surface area contributed by atoms with Crippen molar-refractivity contribution in [3.63, 3.8) is 0 Å². The third kappa shape index (κ3) is 7.86. The number of oxime groups is 1. The molecule has 0 fully saturated rings. The van der Waals surface area contributed by atoms with Gasteiger partial charge in [0.1, 0.15) is 24.2 Å². The van der Waals surface area contributed by atoms with Crippen LogP contribution >= 0.6 is 12.4 Å². The summed E-state index contributed by atoms with van der Waals surface area (Å²) < 4.78 is 10.5. The monoisotopic (exact) mass is 360 g/mol. The van der Waals surface area contributed by atoms with Gasteiger partial charge in [0, 0.05) is 23.7 Å². The highest BCUT2D eigenvalue weighted by molar-refractivity contribution is 6.00. The second-order valence-electron chi connectivity index (χ2n) is 6.32. The summed E-state index contributed by atoms with van der Waals surface area (Å²) in [6, 6.07) is 5.48. The van der Waals surface area contributed by atoms with Gasteiger partial charge in [-0.05, 0) is 39.8 Å². The third-order valence-electron chi connectivity index (χ3n) is 3.13. The predicted octanol–water partition coefficient (Wildman–Crippen LogP) is 2.62. The smallest absolute Gasteiger partial charge is 0.144 e. The minimum Gasteiger partial charge on any atom is -0.497 e. The SMILES string of the molecule is COc1ccc(/C(C)=N/OCC(O)CNC(C)(C)C)c(OC)c1.Cl. The van der Waals surface area contributed by atoms with Crippen LogP contribution in [-0.2, 0) is 4.84 Å². The maximum absolute atomic E-state index is 9.87. The summed E-state index contributed by atoms with van der Waals surface area (Å²) in [6.45, 7) is 8.52. The van der Waals surface area contributed by atoms with Crippen LogP contribution in [0.15, 0.2) is 23.4 Å². The van der Waals surface area contributed by atoms with E-state index in [9.17, 15) is 5.11 Å². The van der Waals surface area contributed by atoms with Gasteiger partial charge in [0.2, 0.25) is 0 Å². The van der Waals surface area contributed by atoms with Gasteiger partial charge < -0.3 is 24.7 Å². The van der Waals surface area contributed by atoms with Crippen LogP contribution in [-0.4, -0.2) is 49.8 Å². The molecule has 1 unspecified atom stereocenters. The number of rotatable bonds is 8. The number of aliphatic hydroxyl groups excluding tert-OH is 1. The van der Waals surface area contributed by atoms with Gasteiger partial charge in [0.15, 0.2) is 0 Å². The summed E-state index contributed by atoms with van der Waals surface area (Å²) in [5.41, 5.74) is 1.44. The van der Waals surface area contributed by atoms with E-state index in [1.165, 1.54) is 0 Å². The molecule has 138 valence electrons. The van der Waals surface area contributed by atoms with Crippen LogP contribution in [0.25, 0.3) is 0 Å². The Morgan fingerprint density at radius 3 is 2.46 bits per heavy atom. The van der Waals surface area contributed by atoms with Gasteiger partial charge in [-0.25, -0.2) is 0 Å². The second kappa shape index (κ2) is 10.4. The van der Waals surface area contributed by atoms with Crippen molar-refractivity contribution >= 4 is 18.1 Å². The van der Waals surface area contributed by atoms with E-state index in [1.807, 2.05) is 39.8 Å². The van der Waals surface area contributed by atoms with Crippen LogP contribution in [0.5, 0.6) is 11.5 Å². The molecule has 6 nitrogen and oxygen atoms in total. The zero-order valence-electron chi connectivity index (χ0n) is 15.3. The number of β-amino-alcohol motifs (C(OH)–C–C–N with tert-alkyl or cyclic N) is 1. The average Bonchev–Trinajstić information content (AvgIpc) is 2.51. The lowest BCUT2D eigenvalue weighted by atomic mass is 10.1. The first kappa shape index (κ1) is 22.5. The maximum Gasteiger partial charge on any atom is 0.144 e. The van der Waals surface area contributed by atoms with E-state index >= 15 is 0 Å². The lowest BCUT2D eigenvalue weighted by molar-refractivity contribution is 0.0372. The lowest BCUT2D eigenvalue weighted by Gasteiger charge is -2.22. The normalized spacial score (nSPS) is 13.0. The topological polar surface area (TPSA) is 72.3 Å².